The number of hydrogen-bond acceptors (Lipinski definition) is 4. The molecule has 0 saturated carbocycles. The fraction of sp³-hybridized carbons (Fsp3) is 0.375. The zero-order chi connectivity index (χ0) is 13.8. The normalized spacial score (nSPS) is 16.9. The van der Waals surface area contributed by atoms with Crippen molar-refractivity contribution in [3.63, 3.8) is 0 Å². The van der Waals surface area contributed by atoms with Gasteiger partial charge in [0, 0.05) is 13.0 Å². The van der Waals surface area contributed by atoms with Crippen LogP contribution in [0.3, 0.4) is 0 Å². The van der Waals surface area contributed by atoms with Crippen molar-refractivity contribution in [2.24, 2.45) is 0 Å². The molecule has 0 radical (unpaired) electrons. The zero-order valence-electron chi connectivity index (χ0n) is 11.6. The molecule has 1 aromatic heterocycles. The molecule has 3 nitrogen and oxygen atoms in total. The number of fused-ring (bicyclic) bond motifs is 1. The maximum absolute atomic E-state index is 5.89. The molecule has 106 valence electrons. The van der Waals surface area contributed by atoms with Crippen LogP contribution in [0.2, 0.25) is 0 Å². The van der Waals surface area contributed by atoms with Crippen LogP contribution in [0.25, 0.3) is 0 Å². The maximum atomic E-state index is 5.89. The first-order chi connectivity index (χ1) is 9.85. The molecule has 2 aromatic rings. The zero-order valence-corrected chi connectivity index (χ0v) is 12.4. The predicted molar refractivity (Wildman–Crippen MR) is 82.2 cm³/mol. The SMILES string of the molecule is CSCc1ccc(CNCC2Cc3ccccc3O2)o1. The lowest BCUT2D eigenvalue weighted by molar-refractivity contribution is 0.225. The van der Waals surface area contributed by atoms with Crippen molar-refractivity contribution in [1.82, 2.24) is 5.32 Å². The van der Waals surface area contributed by atoms with Gasteiger partial charge >= 0.3 is 0 Å². The number of rotatable bonds is 6. The standard InChI is InChI=1S/C16H19NO2S/c1-20-11-14-7-6-13(18-14)9-17-10-15-8-12-4-2-3-5-16(12)19-15/h2-7,15,17H,8-11H2,1H3. The summed E-state index contributed by atoms with van der Waals surface area (Å²) in [6.45, 7) is 1.60. The van der Waals surface area contributed by atoms with Gasteiger partial charge in [-0.1, -0.05) is 18.2 Å². The second-order valence-corrected chi connectivity index (χ2v) is 5.85. The predicted octanol–water partition coefficient (Wildman–Crippen LogP) is 3.24. The number of benzene rings is 1. The molecule has 0 saturated heterocycles. The van der Waals surface area contributed by atoms with Crippen molar-refractivity contribution >= 4 is 11.8 Å². The molecule has 0 bridgehead atoms. The minimum Gasteiger partial charge on any atom is -0.488 e. The van der Waals surface area contributed by atoms with Gasteiger partial charge in [0.25, 0.3) is 0 Å². The summed E-state index contributed by atoms with van der Waals surface area (Å²) in [5, 5.41) is 3.41. The number of hydrogen-bond donors (Lipinski definition) is 1. The monoisotopic (exact) mass is 289 g/mol. The average Bonchev–Trinajstić information content (AvgIpc) is 3.05. The largest absolute Gasteiger partial charge is 0.488 e. The summed E-state index contributed by atoms with van der Waals surface area (Å²) in [7, 11) is 0. The molecule has 0 fully saturated rings. The van der Waals surface area contributed by atoms with E-state index < -0.39 is 0 Å². The first-order valence-electron chi connectivity index (χ1n) is 6.87. The summed E-state index contributed by atoms with van der Waals surface area (Å²) in [6, 6.07) is 12.4. The van der Waals surface area contributed by atoms with Crippen LogP contribution in [0.15, 0.2) is 40.8 Å². The molecular weight excluding hydrogens is 270 g/mol. The van der Waals surface area contributed by atoms with Gasteiger partial charge in [-0.2, -0.15) is 11.8 Å². The first kappa shape index (κ1) is 13.6. The summed E-state index contributed by atoms with van der Waals surface area (Å²) in [6.07, 6.45) is 3.29. The number of ether oxygens (including phenoxy) is 1. The van der Waals surface area contributed by atoms with Gasteiger partial charge in [-0.3, -0.25) is 0 Å². The molecule has 1 aliphatic heterocycles. The number of para-hydroxylation sites is 1. The molecule has 1 aromatic carbocycles. The van der Waals surface area contributed by atoms with Crippen LogP contribution in [-0.4, -0.2) is 18.9 Å². The Morgan fingerprint density at radius 1 is 1.20 bits per heavy atom. The van der Waals surface area contributed by atoms with Crippen LogP contribution >= 0.6 is 11.8 Å². The number of thioether (sulfide) groups is 1. The average molecular weight is 289 g/mol. The Labute approximate surface area is 123 Å². The highest BCUT2D eigenvalue weighted by molar-refractivity contribution is 7.97. The summed E-state index contributed by atoms with van der Waals surface area (Å²) in [5.41, 5.74) is 1.31. The van der Waals surface area contributed by atoms with Crippen LogP contribution < -0.4 is 10.1 Å². The Morgan fingerprint density at radius 3 is 2.90 bits per heavy atom. The van der Waals surface area contributed by atoms with Crippen molar-refractivity contribution in [2.45, 2.75) is 24.8 Å². The van der Waals surface area contributed by atoms with Crippen LogP contribution in [0.4, 0.5) is 0 Å². The fourth-order valence-electron chi connectivity index (χ4n) is 2.46. The summed E-state index contributed by atoms with van der Waals surface area (Å²) in [4.78, 5) is 0. The van der Waals surface area contributed by atoms with Gasteiger partial charge in [-0.15, -0.1) is 0 Å². The number of furan rings is 1. The van der Waals surface area contributed by atoms with Crippen molar-refractivity contribution in [2.75, 3.05) is 12.8 Å². The quantitative estimate of drug-likeness (QED) is 0.885. The van der Waals surface area contributed by atoms with E-state index in [4.69, 9.17) is 9.15 Å². The summed E-state index contributed by atoms with van der Waals surface area (Å²) < 4.78 is 11.6. The van der Waals surface area contributed by atoms with Crippen LogP contribution in [0, 0.1) is 0 Å². The summed E-state index contributed by atoms with van der Waals surface area (Å²) >= 11 is 1.77. The molecule has 3 rings (SSSR count). The third kappa shape index (κ3) is 3.19. The first-order valence-corrected chi connectivity index (χ1v) is 8.26. The fourth-order valence-corrected chi connectivity index (χ4v) is 2.90. The maximum Gasteiger partial charge on any atom is 0.123 e. The Morgan fingerprint density at radius 2 is 2.05 bits per heavy atom. The lowest BCUT2D eigenvalue weighted by atomic mass is 10.1. The van der Waals surface area contributed by atoms with E-state index in [2.05, 4.69) is 29.8 Å². The highest BCUT2D eigenvalue weighted by Crippen LogP contribution is 2.27. The Bertz CT molecular complexity index is 542. The van der Waals surface area contributed by atoms with Gasteiger partial charge in [-0.25, -0.2) is 0 Å². The molecule has 0 spiro atoms. The van der Waals surface area contributed by atoms with E-state index in [9.17, 15) is 0 Å². The van der Waals surface area contributed by atoms with E-state index in [1.54, 1.807) is 11.8 Å². The Balaban J connectivity index is 1.44. The lowest BCUT2D eigenvalue weighted by Gasteiger charge is -2.11. The number of nitrogens with one attached hydrogen (secondary N) is 1. The molecule has 2 heterocycles. The second-order valence-electron chi connectivity index (χ2n) is 4.98. The molecule has 1 N–H and O–H groups in total. The van der Waals surface area contributed by atoms with E-state index in [0.29, 0.717) is 0 Å². The van der Waals surface area contributed by atoms with Gasteiger partial charge < -0.3 is 14.5 Å². The van der Waals surface area contributed by atoms with E-state index >= 15 is 0 Å². The van der Waals surface area contributed by atoms with Crippen molar-refractivity contribution in [3.05, 3.63) is 53.5 Å². The van der Waals surface area contributed by atoms with Crippen molar-refractivity contribution < 1.29 is 9.15 Å². The highest BCUT2D eigenvalue weighted by atomic mass is 32.2. The Kier molecular flexibility index (Phi) is 4.33. The van der Waals surface area contributed by atoms with Crippen LogP contribution in [0.5, 0.6) is 5.75 Å². The van der Waals surface area contributed by atoms with E-state index in [0.717, 1.165) is 42.5 Å². The molecule has 1 unspecified atom stereocenters. The molecule has 20 heavy (non-hydrogen) atoms. The Hall–Kier alpha value is -1.39. The van der Waals surface area contributed by atoms with Crippen molar-refractivity contribution in [3.8, 4) is 5.75 Å². The van der Waals surface area contributed by atoms with Gasteiger partial charge in [0.15, 0.2) is 0 Å². The molecule has 0 aliphatic carbocycles. The minimum atomic E-state index is 0.230. The van der Waals surface area contributed by atoms with E-state index in [-0.39, 0.29) is 6.10 Å². The minimum absolute atomic E-state index is 0.230. The lowest BCUT2D eigenvalue weighted by Crippen LogP contribution is -2.29. The third-order valence-electron chi connectivity index (χ3n) is 3.39. The molecule has 1 aliphatic rings. The van der Waals surface area contributed by atoms with Crippen LogP contribution in [0.1, 0.15) is 17.1 Å². The van der Waals surface area contributed by atoms with E-state index in [1.807, 2.05) is 18.2 Å². The summed E-state index contributed by atoms with van der Waals surface area (Å²) in [5.74, 6) is 3.99. The second kappa shape index (κ2) is 6.37. The van der Waals surface area contributed by atoms with Gasteiger partial charge in [0.1, 0.15) is 23.4 Å². The molecule has 0 amide bonds. The topological polar surface area (TPSA) is 34.4 Å². The molecular formula is C16H19NO2S. The third-order valence-corrected chi connectivity index (χ3v) is 3.96. The molecule has 1 atom stereocenters. The van der Waals surface area contributed by atoms with Gasteiger partial charge in [0.2, 0.25) is 0 Å². The van der Waals surface area contributed by atoms with E-state index in [1.165, 1.54) is 5.56 Å². The van der Waals surface area contributed by atoms with Crippen molar-refractivity contribution in [1.29, 1.82) is 0 Å². The van der Waals surface area contributed by atoms with Crippen LogP contribution in [-0.2, 0) is 18.7 Å². The van der Waals surface area contributed by atoms with Gasteiger partial charge in [-0.05, 0) is 30.0 Å². The van der Waals surface area contributed by atoms with Gasteiger partial charge in [0.05, 0.1) is 12.3 Å². The highest BCUT2D eigenvalue weighted by Gasteiger charge is 2.21. The molecule has 4 heteroatoms. The smallest absolute Gasteiger partial charge is 0.123 e.